The monoisotopic (exact) mass is 342 g/mol. The third-order valence-electron chi connectivity index (χ3n) is 2.77. The average molecular weight is 343 g/mol. The van der Waals surface area contributed by atoms with Crippen molar-refractivity contribution >= 4 is 50.1 Å². The van der Waals surface area contributed by atoms with Gasteiger partial charge in [0.15, 0.2) is 11.5 Å². The third kappa shape index (κ3) is 2.67. The van der Waals surface area contributed by atoms with Crippen molar-refractivity contribution in [3.63, 3.8) is 0 Å². The summed E-state index contributed by atoms with van der Waals surface area (Å²) in [6, 6.07) is 7.46. The SMILES string of the molecule is O=S(=O)(Nc1n[nH]c2ncccc12)c1ccc(Cl)c(Cl)c1. The summed E-state index contributed by atoms with van der Waals surface area (Å²) in [7, 11) is -3.82. The number of nitrogens with one attached hydrogen (secondary N) is 2. The van der Waals surface area contributed by atoms with Gasteiger partial charge in [-0.05, 0) is 30.3 Å². The van der Waals surface area contributed by atoms with Gasteiger partial charge in [-0.1, -0.05) is 23.2 Å². The molecule has 0 aliphatic carbocycles. The molecule has 0 spiro atoms. The first kappa shape index (κ1) is 14.1. The van der Waals surface area contributed by atoms with Crippen LogP contribution in [0.4, 0.5) is 5.82 Å². The van der Waals surface area contributed by atoms with Gasteiger partial charge in [-0.2, -0.15) is 5.10 Å². The number of hydrogen-bond acceptors (Lipinski definition) is 4. The fourth-order valence-electron chi connectivity index (χ4n) is 1.76. The normalized spacial score (nSPS) is 11.7. The molecule has 0 fully saturated rings. The maximum absolute atomic E-state index is 12.3. The van der Waals surface area contributed by atoms with Crippen LogP contribution >= 0.6 is 23.2 Å². The summed E-state index contributed by atoms with van der Waals surface area (Å²) in [4.78, 5) is 4.04. The predicted molar refractivity (Wildman–Crippen MR) is 81.2 cm³/mol. The Morgan fingerprint density at radius 1 is 1.14 bits per heavy atom. The second-order valence-corrected chi connectivity index (χ2v) is 6.65. The fraction of sp³-hybridized carbons (Fsp3) is 0. The number of aromatic nitrogens is 3. The van der Waals surface area contributed by atoms with E-state index in [-0.39, 0.29) is 20.8 Å². The van der Waals surface area contributed by atoms with E-state index in [9.17, 15) is 8.42 Å². The third-order valence-corrected chi connectivity index (χ3v) is 4.84. The van der Waals surface area contributed by atoms with Gasteiger partial charge in [0.2, 0.25) is 0 Å². The molecule has 3 rings (SSSR count). The fourth-order valence-corrected chi connectivity index (χ4v) is 3.17. The quantitative estimate of drug-likeness (QED) is 0.765. The number of sulfonamides is 1. The maximum Gasteiger partial charge on any atom is 0.263 e. The molecule has 9 heteroatoms. The predicted octanol–water partition coefficient (Wildman–Crippen LogP) is 3.07. The van der Waals surface area contributed by atoms with Crippen molar-refractivity contribution < 1.29 is 8.42 Å². The van der Waals surface area contributed by atoms with E-state index in [4.69, 9.17) is 23.2 Å². The van der Waals surface area contributed by atoms with E-state index < -0.39 is 10.0 Å². The van der Waals surface area contributed by atoms with Crippen LogP contribution in [0.3, 0.4) is 0 Å². The molecule has 6 nitrogen and oxygen atoms in total. The molecule has 0 saturated heterocycles. The highest BCUT2D eigenvalue weighted by atomic mass is 35.5. The van der Waals surface area contributed by atoms with Gasteiger partial charge in [-0.15, -0.1) is 0 Å². The molecular weight excluding hydrogens is 335 g/mol. The van der Waals surface area contributed by atoms with Gasteiger partial charge in [0.1, 0.15) is 0 Å². The first-order valence-corrected chi connectivity index (χ1v) is 7.98. The maximum atomic E-state index is 12.3. The molecule has 2 heterocycles. The Labute approximate surface area is 130 Å². The number of halogens is 2. The lowest BCUT2D eigenvalue weighted by molar-refractivity contribution is 0.601. The summed E-state index contributed by atoms with van der Waals surface area (Å²) >= 11 is 11.6. The lowest BCUT2D eigenvalue weighted by Gasteiger charge is -2.06. The molecule has 0 radical (unpaired) electrons. The van der Waals surface area contributed by atoms with Crippen LogP contribution in [0.2, 0.25) is 10.0 Å². The molecule has 108 valence electrons. The van der Waals surface area contributed by atoms with Gasteiger partial charge < -0.3 is 0 Å². The first-order valence-electron chi connectivity index (χ1n) is 5.74. The molecule has 0 amide bonds. The van der Waals surface area contributed by atoms with Gasteiger partial charge in [0, 0.05) is 6.20 Å². The minimum atomic E-state index is -3.82. The number of benzene rings is 1. The van der Waals surface area contributed by atoms with E-state index in [1.54, 1.807) is 18.3 Å². The molecule has 0 aliphatic rings. The smallest absolute Gasteiger partial charge is 0.261 e. The van der Waals surface area contributed by atoms with Gasteiger partial charge in [-0.25, -0.2) is 13.4 Å². The highest BCUT2D eigenvalue weighted by molar-refractivity contribution is 7.92. The van der Waals surface area contributed by atoms with Crippen LogP contribution in [-0.2, 0) is 10.0 Å². The number of anilines is 1. The number of fused-ring (bicyclic) bond motifs is 1. The van der Waals surface area contributed by atoms with Crippen LogP contribution in [0.25, 0.3) is 11.0 Å². The molecule has 2 N–H and O–H groups in total. The Balaban J connectivity index is 2.01. The van der Waals surface area contributed by atoms with Crippen molar-refractivity contribution in [2.75, 3.05) is 4.72 Å². The Bertz CT molecular complexity index is 924. The van der Waals surface area contributed by atoms with Crippen LogP contribution in [-0.4, -0.2) is 23.6 Å². The summed E-state index contributed by atoms with van der Waals surface area (Å²) in [6.45, 7) is 0. The lowest BCUT2D eigenvalue weighted by atomic mass is 10.3. The van der Waals surface area contributed by atoms with Crippen molar-refractivity contribution in [1.29, 1.82) is 0 Å². The van der Waals surface area contributed by atoms with Crippen molar-refractivity contribution in [2.45, 2.75) is 4.90 Å². The number of pyridine rings is 1. The van der Waals surface area contributed by atoms with E-state index in [0.29, 0.717) is 11.0 Å². The zero-order valence-corrected chi connectivity index (χ0v) is 12.7. The molecule has 21 heavy (non-hydrogen) atoms. The van der Waals surface area contributed by atoms with Crippen molar-refractivity contribution in [1.82, 2.24) is 15.2 Å². The number of aromatic amines is 1. The molecule has 0 aliphatic heterocycles. The van der Waals surface area contributed by atoms with Crippen LogP contribution in [0.5, 0.6) is 0 Å². The average Bonchev–Trinajstić information content (AvgIpc) is 2.85. The van der Waals surface area contributed by atoms with Gasteiger partial charge in [-0.3, -0.25) is 9.82 Å². The van der Waals surface area contributed by atoms with E-state index in [2.05, 4.69) is 19.9 Å². The van der Waals surface area contributed by atoms with E-state index in [0.717, 1.165) is 0 Å². The highest BCUT2D eigenvalue weighted by Gasteiger charge is 2.18. The molecule has 1 aromatic carbocycles. The zero-order valence-electron chi connectivity index (χ0n) is 10.3. The van der Waals surface area contributed by atoms with Crippen LogP contribution in [0.1, 0.15) is 0 Å². The van der Waals surface area contributed by atoms with Crippen molar-refractivity contribution in [3.8, 4) is 0 Å². The van der Waals surface area contributed by atoms with Gasteiger partial charge in [0.25, 0.3) is 10.0 Å². The minimum Gasteiger partial charge on any atom is -0.261 e. The number of hydrogen-bond donors (Lipinski definition) is 2. The van der Waals surface area contributed by atoms with Crippen molar-refractivity contribution in [2.24, 2.45) is 0 Å². The Kier molecular flexibility index (Phi) is 3.48. The van der Waals surface area contributed by atoms with Gasteiger partial charge in [0.05, 0.1) is 20.3 Å². The van der Waals surface area contributed by atoms with E-state index in [1.807, 2.05) is 0 Å². The number of rotatable bonds is 3. The molecule has 0 atom stereocenters. The van der Waals surface area contributed by atoms with Gasteiger partial charge >= 0.3 is 0 Å². The molecule has 2 aromatic heterocycles. The first-order chi connectivity index (χ1) is 9.97. The largest absolute Gasteiger partial charge is 0.263 e. The second-order valence-electron chi connectivity index (χ2n) is 4.15. The minimum absolute atomic E-state index is 0.00283. The molecule has 3 aromatic rings. The van der Waals surface area contributed by atoms with Crippen LogP contribution < -0.4 is 4.72 Å². The summed E-state index contributed by atoms with van der Waals surface area (Å²) in [5.74, 6) is 0.171. The summed E-state index contributed by atoms with van der Waals surface area (Å²) < 4.78 is 27.0. The Morgan fingerprint density at radius 3 is 2.71 bits per heavy atom. The second kappa shape index (κ2) is 5.18. The van der Waals surface area contributed by atoms with E-state index in [1.165, 1.54) is 18.2 Å². The number of H-pyrrole nitrogens is 1. The van der Waals surface area contributed by atoms with Crippen molar-refractivity contribution in [3.05, 3.63) is 46.6 Å². The standard InChI is InChI=1S/C12H8Cl2N4O2S/c13-9-4-3-7(6-10(9)14)21(19,20)18-12-8-2-1-5-15-11(8)16-17-12/h1-6H,(H2,15,16,17,18). The molecule has 0 bridgehead atoms. The lowest BCUT2D eigenvalue weighted by Crippen LogP contribution is -2.13. The topological polar surface area (TPSA) is 87.7 Å². The molecule has 0 unspecified atom stereocenters. The molecular formula is C12H8Cl2N4O2S. The summed E-state index contributed by atoms with van der Waals surface area (Å²) in [5, 5.41) is 7.57. The Morgan fingerprint density at radius 2 is 1.95 bits per heavy atom. The van der Waals surface area contributed by atoms with Crippen LogP contribution in [0, 0.1) is 0 Å². The zero-order chi connectivity index (χ0) is 15.0. The molecule has 0 saturated carbocycles. The highest BCUT2D eigenvalue weighted by Crippen LogP contribution is 2.27. The summed E-state index contributed by atoms with van der Waals surface area (Å²) in [5.41, 5.74) is 0.490. The van der Waals surface area contributed by atoms with E-state index >= 15 is 0 Å². The van der Waals surface area contributed by atoms with Crippen LogP contribution in [0.15, 0.2) is 41.4 Å². The Hall–Kier alpha value is -1.83. The summed E-state index contributed by atoms with van der Waals surface area (Å²) in [6.07, 6.45) is 1.58. The number of nitrogens with zero attached hydrogens (tertiary/aromatic N) is 2.